The van der Waals surface area contributed by atoms with Gasteiger partial charge in [0.1, 0.15) is 0 Å². The van der Waals surface area contributed by atoms with E-state index >= 15 is 0 Å². The summed E-state index contributed by atoms with van der Waals surface area (Å²) >= 11 is 0. The lowest BCUT2D eigenvalue weighted by Crippen LogP contribution is -2.02. The van der Waals surface area contributed by atoms with Crippen molar-refractivity contribution in [2.75, 3.05) is 0 Å². The smallest absolute Gasteiger partial charge is 0.0562 e. The van der Waals surface area contributed by atoms with Gasteiger partial charge < -0.3 is 13.7 Å². The van der Waals surface area contributed by atoms with Crippen molar-refractivity contribution in [2.24, 2.45) is 0 Å². The van der Waals surface area contributed by atoms with Gasteiger partial charge in [-0.1, -0.05) is 127 Å². The van der Waals surface area contributed by atoms with E-state index in [0.717, 1.165) is 24.2 Å². The van der Waals surface area contributed by atoms with Crippen molar-refractivity contribution in [2.45, 2.75) is 12.8 Å². The minimum Gasteiger partial charge on any atom is -0.313 e. The molecule has 8 aromatic carbocycles. The maximum Gasteiger partial charge on any atom is 0.0562 e. The number of para-hydroxylation sites is 2. The van der Waals surface area contributed by atoms with Crippen molar-refractivity contribution in [1.29, 1.82) is 0 Å². The predicted octanol–water partition coefficient (Wildman–Crippen LogP) is 14.1. The number of hydrogen-bond donors (Lipinski definition) is 0. The lowest BCUT2D eigenvalue weighted by Gasteiger charge is -2.14. The molecule has 0 N–H and O–H groups in total. The second kappa shape index (κ2) is 12.6. The van der Waals surface area contributed by atoms with Crippen LogP contribution in [-0.2, 0) is 6.42 Å². The number of allylic oxidation sites excluding steroid dienone is 1. The molecule has 0 spiro atoms. The molecule has 12 rings (SSSR count). The molecule has 3 heterocycles. The number of aromatic nitrogens is 3. The average molecular weight is 728 g/mol. The molecule has 0 radical (unpaired) electrons. The summed E-state index contributed by atoms with van der Waals surface area (Å²) in [7, 11) is 0. The Labute approximate surface area is 330 Å². The number of rotatable bonds is 5. The van der Waals surface area contributed by atoms with E-state index in [2.05, 4.69) is 214 Å². The lowest BCUT2D eigenvalue weighted by atomic mass is 10.0. The fourth-order valence-corrected chi connectivity index (χ4v) is 9.52. The van der Waals surface area contributed by atoms with Crippen LogP contribution in [0.5, 0.6) is 0 Å². The third kappa shape index (κ3) is 4.92. The van der Waals surface area contributed by atoms with E-state index in [1.165, 1.54) is 93.7 Å². The Morgan fingerprint density at radius 2 is 0.842 bits per heavy atom. The van der Waals surface area contributed by atoms with E-state index in [1.54, 1.807) is 0 Å². The molecule has 268 valence electrons. The molecule has 1 aliphatic rings. The summed E-state index contributed by atoms with van der Waals surface area (Å²) in [5.41, 5.74) is 17.1. The van der Waals surface area contributed by atoms with Gasteiger partial charge in [0.05, 0.1) is 27.6 Å². The molecule has 0 atom stereocenters. The highest BCUT2D eigenvalue weighted by atomic mass is 15.0. The van der Waals surface area contributed by atoms with Gasteiger partial charge in [-0.3, -0.25) is 0 Å². The van der Waals surface area contributed by atoms with E-state index in [-0.39, 0.29) is 0 Å². The van der Waals surface area contributed by atoms with Crippen LogP contribution >= 0.6 is 0 Å². The zero-order valence-electron chi connectivity index (χ0n) is 31.3. The molecule has 3 nitrogen and oxygen atoms in total. The van der Waals surface area contributed by atoms with E-state index < -0.39 is 0 Å². The molecule has 3 heteroatoms. The Bertz CT molecular complexity index is 3280. The van der Waals surface area contributed by atoms with Crippen LogP contribution < -0.4 is 0 Å². The summed E-state index contributed by atoms with van der Waals surface area (Å²) < 4.78 is 7.42. The molecule has 0 aliphatic heterocycles. The van der Waals surface area contributed by atoms with E-state index in [0.29, 0.717) is 0 Å². The summed E-state index contributed by atoms with van der Waals surface area (Å²) in [6.07, 6.45) is 6.75. The maximum absolute atomic E-state index is 2.50. The van der Waals surface area contributed by atoms with Crippen molar-refractivity contribution >= 4 is 60.6 Å². The van der Waals surface area contributed by atoms with Gasteiger partial charge >= 0.3 is 0 Å². The molecule has 0 saturated carbocycles. The van der Waals surface area contributed by atoms with Crippen molar-refractivity contribution in [3.63, 3.8) is 0 Å². The first kappa shape index (κ1) is 31.9. The van der Waals surface area contributed by atoms with Gasteiger partial charge in [0.2, 0.25) is 0 Å². The Kier molecular flexibility index (Phi) is 7.05. The van der Waals surface area contributed by atoms with Gasteiger partial charge in [-0.15, -0.1) is 0 Å². The molecular formula is C54H37N3. The number of nitrogens with zero attached hydrogens (tertiary/aromatic N) is 3. The third-order valence-electron chi connectivity index (χ3n) is 12.1. The minimum absolute atomic E-state index is 1.03. The van der Waals surface area contributed by atoms with Crippen LogP contribution in [0, 0.1) is 0 Å². The fourth-order valence-electron chi connectivity index (χ4n) is 9.52. The second-order valence-electron chi connectivity index (χ2n) is 15.3. The van der Waals surface area contributed by atoms with Gasteiger partial charge in [-0.2, -0.15) is 0 Å². The van der Waals surface area contributed by atoms with Crippen LogP contribution in [0.1, 0.15) is 17.7 Å². The Morgan fingerprint density at radius 3 is 1.51 bits per heavy atom. The number of hydrogen-bond acceptors (Lipinski definition) is 0. The summed E-state index contributed by atoms with van der Waals surface area (Å²) in [6, 6.07) is 69.0. The summed E-state index contributed by atoms with van der Waals surface area (Å²) in [6.45, 7) is 0. The molecule has 0 bridgehead atoms. The average Bonchev–Trinajstić information content (AvgIpc) is 3.91. The molecule has 1 aliphatic carbocycles. The van der Waals surface area contributed by atoms with Crippen molar-refractivity contribution < 1.29 is 0 Å². The zero-order valence-corrected chi connectivity index (χ0v) is 31.3. The van der Waals surface area contributed by atoms with Crippen LogP contribution in [0.15, 0.2) is 194 Å². The Morgan fingerprint density at radius 1 is 0.316 bits per heavy atom. The van der Waals surface area contributed by atoms with Crippen LogP contribution in [0.2, 0.25) is 0 Å². The topological polar surface area (TPSA) is 14.8 Å². The first-order valence-corrected chi connectivity index (χ1v) is 19.9. The van der Waals surface area contributed by atoms with Crippen LogP contribution in [-0.4, -0.2) is 13.7 Å². The summed E-state index contributed by atoms with van der Waals surface area (Å²) in [5.74, 6) is 0. The standard InChI is InChI=1S/C54H37N3/c1-4-15-36(16-5-1)38-27-29-51-45(31-38)46-32-39(37-17-6-2-7-18-37)28-30-52(46)56(51)41-21-14-22-42(33-41)57-50-26-13-11-24-44(50)48-34-47-43-23-10-12-25-49(43)55(53(47)35-54(48)57)40-19-8-3-9-20-40/h1-11,13-24,26-35H,12,25H2. The quantitative estimate of drug-likeness (QED) is 0.168. The first-order valence-electron chi connectivity index (χ1n) is 19.9. The monoisotopic (exact) mass is 727 g/mol. The van der Waals surface area contributed by atoms with E-state index in [1.807, 2.05) is 0 Å². The van der Waals surface area contributed by atoms with Crippen LogP contribution in [0.4, 0.5) is 0 Å². The largest absolute Gasteiger partial charge is 0.313 e. The van der Waals surface area contributed by atoms with Crippen molar-refractivity contribution in [3.8, 4) is 39.3 Å². The highest BCUT2D eigenvalue weighted by molar-refractivity contribution is 6.15. The molecule has 11 aromatic rings. The van der Waals surface area contributed by atoms with Crippen molar-refractivity contribution in [3.05, 3.63) is 205 Å². The highest BCUT2D eigenvalue weighted by Crippen LogP contribution is 2.42. The molecule has 3 aromatic heterocycles. The highest BCUT2D eigenvalue weighted by Gasteiger charge is 2.22. The van der Waals surface area contributed by atoms with E-state index in [9.17, 15) is 0 Å². The third-order valence-corrected chi connectivity index (χ3v) is 12.1. The van der Waals surface area contributed by atoms with Gasteiger partial charge in [0.15, 0.2) is 0 Å². The normalized spacial score (nSPS) is 12.7. The fraction of sp³-hybridized carbons (Fsp3) is 0.0370. The summed E-state index contributed by atoms with van der Waals surface area (Å²) in [4.78, 5) is 0. The molecular weight excluding hydrogens is 691 g/mol. The zero-order chi connectivity index (χ0) is 37.5. The Hall–Kier alpha value is -7.36. The molecule has 57 heavy (non-hydrogen) atoms. The second-order valence-corrected chi connectivity index (χ2v) is 15.3. The molecule has 0 saturated heterocycles. The van der Waals surface area contributed by atoms with Gasteiger partial charge in [-0.05, 0) is 108 Å². The Balaban J connectivity index is 1.10. The molecule has 0 unspecified atom stereocenters. The minimum atomic E-state index is 1.03. The van der Waals surface area contributed by atoms with Gasteiger partial charge in [0.25, 0.3) is 0 Å². The number of benzene rings is 8. The maximum atomic E-state index is 2.50. The predicted molar refractivity (Wildman–Crippen MR) is 240 cm³/mol. The lowest BCUT2D eigenvalue weighted by molar-refractivity contribution is 0.888. The van der Waals surface area contributed by atoms with E-state index in [4.69, 9.17) is 0 Å². The van der Waals surface area contributed by atoms with Gasteiger partial charge in [-0.25, -0.2) is 0 Å². The number of fused-ring (bicyclic) bond motifs is 9. The summed E-state index contributed by atoms with van der Waals surface area (Å²) in [5, 5.41) is 6.33. The first-order chi connectivity index (χ1) is 28.3. The molecule has 0 amide bonds. The van der Waals surface area contributed by atoms with Crippen LogP contribution in [0.25, 0.3) is 99.9 Å². The van der Waals surface area contributed by atoms with Crippen LogP contribution in [0.3, 0.4) is 0 Å². The molecule has 0 fully saturated rings. The van der Waals surface area contributed by atoms with Crippen molar-refractivity contribution in [1.82, 2.24) is 13.7 Å². The SMILES string of the molecule is C1=Cc2c(n(-c3ccccc3)c3cc4c(cc23)c2ccccc2n4-c2cccc(-n3c4ccc(-c5ccccc5)cc4c4cc(-c5ccccc5)ccc43)c2)CC1. The van der Waals surface area contributed by atoms with Gasteiger partial charge in [0, 0.05) is 55.3 Å².